The van der Waals surface area contributed by atoms with E-state index in [9.17, 15) is 4.79 Å². The third-order valence-corrected chi connectivity index (χ3v) is 11.2. The van der Waals surface area contributed by atoms with E-state index in [0.29, 0.717) is 23.7 Å². The summed E-state index contributed by atoms with van der Waals surface area (Å²) in [4.78, 5) is 26.0. The summed E-state index contributed by atoms with van der Waals surface area (Å²) in [6.07, 6.45) is 13.2. The number of hydrogen-bond donors (Lipinski definition) is 0. The van der Waals surface area contributed by atoms with Crippen molar-refractivity contribution in [2.75, 3.05) is 19.3 Å². The van der Waals surface area contributed by atoms with Crippen LogP contribution in [0.15, 0.2) is 9.55 Å². The number of thioether (sulfide) groups is 1. The first-order chi connectivity index (χ1) is 18.0. The Morgan fingerprint density at radius 3 is 2.57 bits per heavy atom. The fraction of sp³-hybridized carbons (Fsp3) is 0.667. The summed E-state index contributed by atoms with van der Waals surface area (Å²) < 4.78 is 9.14. The first-order valence-electron chi connectivity index (χ1n) is 13.8. The van der Waals surface area contributed by atoms with E-state index in [0.717, 1.165) is 69.6 Å². The van der Waals surface area contributed by atoms with Crippen molar-refractivity contribution in [3.8, 4) is 11.5 Å². The number of ketones is 1. The molecule has 3 aromatic heterocycles. The molecule has 5 heterocycles. The van der Waals surface area contributed by atoms with Crippen LogP contribution in [-0.2, 0) is 16.6 Å². The third kappa shape index (κ3) is 3.46. The van der Waals surface area contributed by atoms with Gasteiger partial charge in [-0.2, -0.15) is 5.10 Å². The Bertz CT molecular complexity index is 1390. The highest BCUT2D eigenvalue weighted by Crippen LogP contribution is 2.49. The van der Waals surface area contributed by atoms with Crippen molar-refractivity contribution in [3.63, 3.8) is 0 Å². The first-order valence-corrected chi connectivity index (χ1v) is 16.1. The Labute approximate surface area is 234 Å². The molecule has 0 aromatic carbocycles. The minimum atomic E-state index is -0.497. The van der Waals surface area contributed by atoms with Gasteiger partial charge in [-0.1, -0.05) is 11.6 Å². The highest BCUT2D eigenvalue weighted by atomic mass is 127. The Morgan fingerprint density at radius 2 is 1.81 bits per heavy atom. The van der Waals surface area contributed by atoms with E-state index in [-0.39, 0.29) is 11.6 Å². The first kappa shape index (κ1) is 24.5. The number of nitrogens with zero attached hydrogens (tertiary/aromatic N) is 6. The number of halogens is 1. The van der Waals surface area contributed by atoms with Crippen molar-refractivity contribution in [2.24, 2.45) is 0 Å². The predicted octanol–water partition coefficient (Wildman–Crippen LogP) is 5.71. The van der Waals surface area contributed by atoms with Crippen LogP contribution in [0.2, 0.25) is 0 Å². The Hall–Kier alpha value is -1.53. The monoisotopic (exact) mass is 632 g/mol. The van der Waals surface area contributed by atoms with Crippen molar-refractivity contribution in [2.45, 2.75) is 99.6 Å². The van der Waals surface area contributed by atoms with Crippen LogP contribution in [0.3, 0.4) is 0 Å². The largest absolute Gasteiger partial charge is 0.359 e. The normalized spacial score (nSPS) is 26.2. The lowest BCUT2D eigenvalue weighted by atomic mass is 9.64. The Balaban J connectivity index is 1.37. The van der Waals surface area contributed by atoms with Crippen LogP contribution < -0.4 is 0 Å². The van der Waals surface area contributed by atoms with Crippen molar-refractivity contribution in [1.82, 2.24) is 29.8 Å². The fourth-order valence-electron chi connectivity index (χ4n) is 7.92. The van der Waals surface area contributed by atoms with Crippen LogP contribution in [-0.4, -0.2) is 60.5 Å². The summed E-state index contributed by atoms with van der Waals surface area (Å²) in [5, 5.41) is 11.6. The molecule has 2 aliphatic heterocycles. The number of fused-ring (bicyclic) bond motifs is 4. The second kappa shape index (κ2) is 9.01. The third-order valence-electron chi connectivity index (χ3n) is 9.77. The minimum absolute atomic E-state index is 0.160. The zero-order valence-electron chi connectivity index (χ0n) is 21.6. The molecule has 8 nitrogen and oxygen atoms in total. The summed E-state index contributed by atoms with van der Waals surface area (Å²) in [5.41, 5.74) is 2.30. The number of Topliss-reactive ketones (excluding diaryl/α,β-unsaturated/α-hetero) is 1. The molecule has 2 aliphatic carbocycles. The van der Waals surface area contributed by atoms with Gasteiger partial charge in [0, 0.05) is 17.5 Å². The zero-order valence-corrected chi connectivity index (χ0v) is 24.5. The van der Waals surface area contributed by atoms with Gasteiger partial charge in [0.1, 0.15) is 14.5 Å². The molecule has 3 aromatic rings. The van der Waals surface area contributed by atoms with E-state index < -0.39 is 5.41 Å². The number of rotatable bonds is 4. The molecule has 2 saturated heterocycles. The van der Waals surface area contributed by atoms with Crippen molar-refractivity contribution < 1.29 is 9.32 Å². The maximum Gasteiger partial charge on any atom is 0.185 e. The summed E-state index contributed by atoms with van der Waals surface area (Å²) >= 11 is 3.96. The van der Waals surface area contributed by atoms with Gasteiger partial charge in [-0.3, -0.25) is 9.69 Å². The maximum absolute atomic E-state index is 13.2. The van der Waals surface area contributed by atoms with Crippen molar-refractivity contribution >= 4 is 51.2 Å². The van der Waals surface area contributed by atoms with Gasteiger partial charge in [0.2, 0.25) is 0 Å². The molecule has 0 radical (unpaired) electrons. The van der Waals surface area contributed by atoms with E-state index in [4.69, 9.17) is 19.6 Å². The van der Waals surface area contributed by atoms with Gasteiger partial charge in [0.15, 0.2) is 22.9 Å². The quantitative estimate of drug-likeness (QED) is 0.205. The van der Waals surface area contributed by atoms with Gasteiger partial charge in [-0.05, 0) is 107 Å². The van der Waals surface area contributed by atoms with Crippen LogP contribution in [0.1, 0.15) is 88.5 Å². The molecule has 0 bridgehead atoms. The van der Waals surface area contributed by atoms with Gasteiger partial charge in [-0.25, -0.2) is 14.6 Å². The molecule has 10 heteroatoms. The SMILES string of the molecule is CSc1nc(-c2noc3c2CCC[C@@]32CCCCC2=O)nc2c1c(I)nn2C(C)C12CCCN1CCC2. The molecule has 7 rings (SSSR count). The Kier molecular flexibility index (Phi) is 5.97. The minimum Gasteiger partial charge on any atom is -0.359 e. The lowest BCUT2D eigenvalue weighted by Crippen LogP contribution is -2.45. The molecule has 2 atom stereocenters. The van der Waals surface area contributed by atoms with Crippen molar-refractivity contribution in [1.29, 1.82) is 0 Å². The number of carbonyl (C=O) groups excluding carboxylic acids is 1. The van der Waals surface area contributed by atoms with Gasteiger partial charge < -0.3 is 4.52 Å². The second-order valence-electron chi connectivity index (χ2n) is 11.4. The molecular weight excluding hydrogens is 599 g/mol. The standard InChI is InChI=1S/C27H33IN6O2S/c1-16(27-12-6-14-33(27)15-7-13-27)34-24-19(22(28)31-34)25(37-2)30-23(29-24)20-17-8-5-11-26(21(17)36-32-20)10-4-3-9-18(26)35/h16H,3-15H2,1-2H3/t16?,26-/m1/s1. The number of hydrogen-bond acceptors (Lipinski definition) is 8. The van der Waals surface area contributed by atoms with E-state index in [1.807, 2.05) is 0 Å². The number of aromatic nitrogens is 5. The van der Waals surface area contributed by atoms with E-state index >= 15 is 0 Å². The average molecular weight is 633 g/mol. The second-order valence-corrected chi connectivity index (χ2v) is 13.2. The smallest absolute Gasteiger partial charge is 0.185 e. The predicted molar refractivity (Wildman–Crippen MR) is 151 cm³/mol. The fourth-order valence-corrected chi connectivity index (χ4v) is 9.40. The molecule has 4 aliphatic rings. The van der Waals surface area contributed by atoms with Crippen LogP contribution in [0, 0.1) is 3.70 Å². The van der Waals surface area contributed by atoms with Gasteiger partial charge >= 0.3 is 0 Å². The summed E-state index contributed by atoms with van der Waals surface area (Å²) in [6, 6.07) is 0.218. The molecule has 37 heavy (non-hydrogen) atoms. The molecule has 0 N–H and O–H groups in total. The summed E-state index contributed by atoms with van der Waals surface area (Å²) in [5.74, 6) is 1.71. The zero-order chi connectivity index (χ0) is 25.4. The van der Waals surface area contributed by atoms with Crippen LogP contribution in [0.4, 0.5) is 0 Å². The van der Waals surface area contributed by atoms with Crippen molar-refractivity contribution in [3.05, 3.63) is 15.0 Å². The van der Waals surface area contributed by atoms with Crippen LogP contribution >= 0.6 is 34.4 Å². The molecule has 0 amide bonds. The van der Waals surface area contributed by atoms with Gasteiger partial charge in [0.25, 0.3) is 0 Å². The topological polar surface area (TPSA) is 89.9 Å². The molecule has 1 saturated carbocycles. The molecule has 1 spiro atoms. The molecule has 1 unspecified atom stereocenters. The summed E-state index contributed by atoms with van der Waals surface area (Å²) in [7, 11) is 0. The van der Waals surface area contributed by atoms with E-state index in [1.54, 1.807) is 11.8 Å². The van der Waals surface area contributed by atoms with Crippen LogP contribution in [0.5, 0.6) is 0 Å². The molecule has 196 valence electrons. The van der Waals surface area contributed by atoms with Gasteiger partial charge in [0.05, 0.1) is 16.8 Å². The van der Waals surface area contributed by atoms with E-state index in [2.05, 4.69) is 50.5 Å². The maximum atomic E-state index is 13.2. The molecule has 3 fully saturated rings. The van der Waals surface area contributed by atoms with Gasteiger partial charge in [-0.15, -0.1) is 11.8 Å². The highest BCUT2D eigenvalue weighted by molar-refractivity contribution is 14.1. The lowest BCUT2D eigenvalue weighted by molar-refractivity contribution is -0.128. The number of carbonyl (C=O) groups is 1. The summed E-state index contributed by atoms with van der Waals surface area (Å²) in [6.45, 7) is 4.69. The van der Waals surface area contributed by atoms with Crippen LogP contribution in [0.25, 0.3) is 22.6 Å². The van der Waals surface area contributed by atoms with E-state index in [1.165, 1.54) is 38.8 Å². The highest BCUT2D eigenvalue weighted by Gasteiger charge is 2.50. The Morgan fingerprint density at radius 1 is 1.03 bits per heavy atom. The average Bonchev–Trinajstić information content (AvgIpc) is 3.67. The lowest BCUT2D eigenvalue weighted by Gasteiger charge is -2.38. The molecular formula is C27H33IN6O2S.